The van der Waals surface area contributed by atoms with Crippen molar-refractivity contribution >= 4 is 58.0 Å². The molecule has 4 aromatic rings. The molecule has 4 aromatic carbocycles. The Morgan fingerprint density at radius 1 is 0.780 bits per heavy atom. The predicted octanol–water partition coefficient (Wildman–Crippen LogP) is 6.22. The average Bonchev–Trinajstić information content (AvgIpc) is 3.93. The number of hydrogen-bond acceptors (Lipinski definition) is 8. The van der Waals surface area contributed by atoms with Gasteiger partial charge in [-0.25, -0.2) is 0 Å². The summed E-state index contributed by atoms with van der Waals surface area (Å²) < 4.78 is 0. The van der Waals surface area contributed by atoms with Gasteiger partial charge in [0.1, 0.15) is 11.8 Å². The van der Waals surface area contributed by atoms with E-state index >= 15 is 0 Å². The fourth-order valence-electron chi connectivity index (χ4n) is 9.71. The lowest BCUT2D eigenvalue weighted by molar-refractivity contribution is -0.136. The molecule has 3 fully saturated rings. The molecule has 3 saturated heterocycles. The number of phenols is 1. The largest absolute Gasteiger partial charge is 0.508 e. The molecule has 1 unspecified atom stereocenters. The van der Waals surface area contributed by atoms with Gasteiger partial charge >= 0.3 is 0 Å². The van der Waals surface area contributed by atoms with Crippen molar-refractivity contribution < 1.29 is 29.1 Å². The normalized spacial score (nSPS) is 20.6. The van der Waals surface area contributed by atoms with E-state index in [0.29, 0.717) is 31.9 Å². The number of nitrogens with one attached hydrogen (secondary N) is 1. The molecule has 5 heterocycles. The molecule has 12 heteroatoms. The van der Waals surface area contributed by atoms with E-state index in [1.807, 2.05) is 30.3 Å². The van der Waals surface area contributed by atoms with Gasteiger partial charge in [-0.1, -0.05) is 54.6 Å². The van der Waals surface area contributed by atoms with Gasteiger partial charge in [-0.3, -0.25) is 39.1 Å². The van der Waals surface area contributed by atoms with Crippen molar-refractivity contribution in [2.75, 3.05) is 43.5 Å². The number of rotatable bonds is 9. The summed E-state index contributed by atoms with van der Waals surface area (Å²) >= 11 is 6.37. The monoisotopic (exact) mass is 811 g/mol. The third kappa shape index (κ3) is 7.42. The number of carbonyl (C=O) groups excluding carboxylic acids is 5. The molecular formula is C47H46ClN5O6. The van der Waals surface area contributed by atoms with E-state index in [4.69, 9.17) is 11.6 Å². The number of halogens is 1. The van der Waals surface area contributed by atoms with E-state index in [1.165, 1.54) is 5.69 Å². The molecule has 11 nitrogen and oxygen atoms in total. The second kappa shape index (κ2) is 15.8. The fourth-order valence-corrected chi connectivity index (χ4v) is 9.90. The van der Waals surface area contributed by atoms with Gasteiger partial charge in [-0.05, 0) is 126 Å². The van der Waals surface area contributed by atoms with Gasteiger partial charge in [-0.15, -0.1) is 11.6 Å². The number of fused-ring (bicyclic) bond motifs is 2. The van der Waals surface area contributed by atoms with Crippen LogP contribution < -0.4 is 10.2 Å². The van der Waals surface area contributed by atoms with Gasteiger partial charge in [0.05, 0.1) is 17.7 Å². The van der Waals surface area contributed by atoms with Crippen LogP contribution in [0.5, 0.6) is 5.75 Å². The number of hydrogen-bond donors (Lipinski definition) is 2. The molecule has 0 bridgehead atoms. The zero-order chi connectivity index (χ0) is 40.8. The maximum atomic E-state index is 13.6. The van der Waals surface area contributed by atoms with Crippen LogP contribution >= 0.6 is 11.6 Å². The summed E-state index contributed by atoms with van der Waals surface area (Å²) in [5.74, 6) is -1.38. The van der Waals surface area contributed by atoms with Gasteiger partial charge in [0.25, 0.3) is 11.8 Å². The smallest absolute Gasteiger partial charge is 0.262 e. The summed E-state index contributed by atoms with van der Waals surface area (Å²) in [7, 11) is 0. The van der Waals surface area contributed by atoms with Crippen LogP contribution in [0.3, 0.4) is 0 Å². The predicted molar refractivity (Wildman–Crippen MR) is 225 cm³/mol. The summed E-state index contributed by atoms with van der Waals surface area (Å²) in [5.41, 5.74) is 9.05. The van der Waals surface area contributed by atoms with Crippen molar-refractivity contribution in [3.63, 3.8) is 0 Å². The molecular weight excluding hydrogens is 766 g/mol. The molecule has 0 radical (unpaired) electrons. The lowest BCUT2D eigenvalue weighted by Gasteiger charge is -2.39. The fraction of sp³-hybridized carbons (Fsp3) is 0.340. The Morgan fingerprint density at radius 3 is 2.00 bits per heavy atom. The van der Waals surface area contributed by atoms with Crippen molar-refractivity contribution in [1.82, 2.24) is 20.0 Å². The van der Waals surface area contributed by atoms with Crippen molar-refractivity contribution in [2.24, 2.45) is 5.41 Å². The third-order valence-corrected chi connectivity index (χ3v) is 13.2. The Kier molecular flexibility index (Phi) is 10.3. The van der Waals surface area contributed by atoms with Crippen LogP contribution in [0.4, 0.5) is 5.69 Å². The van der Waals surface area contributed by atoms with Crippen LogP contribution in [0.15, 0.2) is 91.0 Å². The Bertz CT molecular complexity index is 2330. The number of amides is 5. The van der Waals surface area contributed by atoms with Gasteiger partial charge in [0.15, 0.2) is 0 Å². The maximum absolute atomic E-state index is 13.6. The maximum Gasteiger partial charge on any atom is 0.262 e. The zero-order valence-electron chi connectivity index (χ0n) is 32.8. The summed E-state index contributed by atoms with van der Waals surface area (Å²) in [6.45, 7) is 4.68. The Morgan fingerprint density at radius 2 is 1.39 bits per heavy atom. The lowest BCUT2D eigenvalue weighted by Crippen LogP contribution is -2.54. The summed E-state index contributed by atoms with van der Waals surface area (Å²) in [6.07, 6.45) is 4.02. The van der Waals surface area contributed by atoms with Gasteiger partial charge in [-0.2, -0.15) is 0 Å². The number of allylic oxidation sites excluding steroid dienone is 1. The summed E-state index contributed by atoms with van der Waals surface area (Å²) in [4.78, 5) is 71.9. The minimum absolute atomic E-state index is 0.0236. The van der Waals surface area contributed by atoms with E-state index in [0.717, 1.165) is 89.3 Å². The number of aromatic hydroxyl groups is 1. The molecule has 5 amide bonds. The number of likely N-dealkylation sites (tertiary alicyclic amines) is 1. The lowest BCUT2D eigenvalue weighted by atomic mass is 9.78. The number of benzene rings is 4. The molecule has 1 atom stereocenters. The second-order valence-electron chi connectivity index (χ2n) is 16.6. The first kappa shape index (κ1) is 38.7. The summed E-state index contributed by atoms with van der Waals surface area (Å²) in [6, 6.07) is 28.9. The van der Waals surface area contributed by atoms with Gasteiger partial charge in [0, 0.05) is 44.2 Å². The number of phenolic OH excluding ortho intramolecular Hbond substituents is 1. The van der Waals surface area contributed by atoms with E-state index in [9.17, 15) is 29.1 Å². The average molecular weight is 812 g/mol. The van der Waals surface area contributed by atoms with Crippen molar-refractivity contribution in [1.29, 1.82) is 0 Å². The van der Waals surface area contributed by atoms with Crippen LogP contribution in [-0.4, -0.2) is 94.0 Å². The highest BCUT2D eigenvalue weighted by Gasteiger charge is 2.46. The Labute approximate surface area is 348 Å². The SMILES string of the molecule is O=C1CCC(N2C(=O)c3cc4c(cc3C2=O)CN(C(=O)CN2CCC3(CC2)CCN(c2ccc(C(=C(CCCl)c5ccccc5)c5ccc(O)cc5)cc2)C3)C4)C(=O)N1. The topological polar surface area (TPSA) is 131 Å². The highest BCUT2D eigenvalue weighted by Crippen LogP contribution is 2.43. The highest BCUT2D eigenvalue weighted by molar-refractivity contribution is 6.23. The molecule has 2 N–H and O–H groups in total. The van der Waals surface area contributed by atoms with Crippen molar-refractivity contribution in [3.05, 3.63) is 130 Å². The minimum Gasteiger partial charge on any atom is -0.508 e. The molecule has 302 valence electrons. The highest BCUT2D eigenvalue weighted by atomic mass is 35.5. The Balaban J connectivity index is 0.817. The van der Waals surface area contributed by atoms with Gasteiger partial charge in [0.2, 0.25) is 17.7 Å². The van der Waals surface area contributed by atoms with Crippen LogP contribution in [0.1, 0.15) is 87.1 Å². The number of nitrogens with zero attached hydrogens (tertiary/aromatic N) is 4. The molecule has 9 rings (SSSR count). The standard InChI is InChI=1S/C47H46ClN5O6/c48-20-16-37(30-4-2-1-3-5-30)43(32-8-12-36(54)13-9-32)31-6-10-35(11-7-31)51-23-19-47(29-51)17-21-50(22-18-47)28-42(56)52-26-33-24-38-39(25-34(33)27-52)46(59)53(45(38)58)40-14-15-41(55)49-44(40)57/h1-13,24-25,40,54H,14-23,26-29H2,(H,49,55,57). The quantitative estimate of drug-likeness (QED) is 0.116. The van der Waals surface area contributed by atoms with E-state index in [1.54, 1.807) is 29.2 Å². The third-order valence-electron chi connectivity index (χ3n) is 13.0. The number of alkyl halides is 1. The molecule has 0 aliphatic carbocycles. The van der Waals surface area contributed by atoms with Gasteiger partial charge < -0.3 is 14.9 Å². The number of imide groups is 2. The van der Waals surface area contributed by atoms with Crippen LogP contribution in [0, 0.1) is 5.41 Å². The Hall–Kier alpha value is -5.78. The van der Waals surface area contributed by atoms with Crippen LogP contribution in [0.2, 0.25) is 0 Å². The van der Waals surface area contributed by atoms with E-state index in [2.05, 4.69) is 51.5 Å². The molecule has 5 aliphatic heterocycles. The van der Waals surface area contributed by atoms with E-state index < -0.39 is 29.7 Å². The molecule has 0 saturated carbocycles. The van der Waals surface area contributed by atoms with Crippen LogP contribution in [-0.2, 0) is 27.5 Å². The number of piperidine rings is 2. The van der Waals surface area contributed by atoms with Crippen LogP contribution in [0.25, 0.3) is 11.1 Å². The first-order valence-electron chi connectivity index (χ1n) is 20.5. The van der Waals surface area contributed by atoms with Crippen molar-refractivity contribution in [2.45, 2.75) is 57.7 Å². The molecule has 5 aliphatic rings. The first-order valence-corrected chi connectivity index (χ1v) is 21.0. The number of carbonyl (C=O) groups is 5. The number of anilines is 1. The first-order chi connectivity index (χ1) is 28.6. The van der Waals surface area contributed by atoms with E-state index in [-0.39, 0.29) is 41.0 Å². The zero-order valence-corrected chi connectivity index (χ0v) is 33.5. The molecule has 59 heavy (non-hydrogen) atoms. The summed E-state index contributed by atoms with van der Waals surface area (Å²) in [5, 5.41) is 12.3. The molecule has 0 aromatic heterocycles. The minimum atomic E-state index is -1.01. The second-order valence-corrected chi connectivity index (χ2v) is 16.9. The van der Waals surface area contributed by atoms with Crippen molar-refractivity contribution in [3.8, 4) is 5.75 Å². The molecule has 1 spiro atoms.